The quantitative estimate of drug-likeness (QED) is 0.598. The van der Waals surface area contributed by atoms with Crippen molar-refractivity contribution in [2.75, 3.05) is 0 Å². The fourth-order valence-electron chi connectivity index (χ4n) is 1.15. The second-order valence-corrected chi connectivity index (χ2v) is 2.73. The molecule has 3 nitrogen and oxygen atoms in total. The second-order valence-electron chi connectivity index (χ2n) is 2.73. The van der Waals surface area contributed by atoms with Crippen LogP contribution in [0.1, 0.15) is 19.8 Å². The average molecular weight is 155 g/mol. The molecule has 1 amide bonds. The van der Waals surface area contributed by atoms with Crippen LogP contribution >= 0.6 is 0 Å². The number of rotatable bonds is 2. The SMILES string of the molecule is CC[C@@H](O)[C@H]1CC=CC(=O)N1. The van der Waals surface area contributed by atoms with Gasteiger partial charge in [-0.2, -0.15) is 0 Å². The molecule has 0 aromatic heterocycles. The zero-order chi connectivity index (χ0) is 8.27. The first-order valence-electron chi connectivity index (χ1n) is 3.89. The molecular weight excluding hydrogens is 142 g/mol. The third kappa shape index (κ3) is 2.05. The highest BCUT2D eigenvalue weighted by Gasteiger charge is 2.19. The van der Waals surface area contributed by atoms with Gasteiger partial charge >= 0.3 is 0 Å². The highest BCUT2D eigenvalue weighted by molar-refractivity contribution is 5.88. The van der Waals surface area contributed by atoms with Crippen LogP contribution < -0.4 is 5.32 Å². The van der Waals surface area contributed by atoms with E-state index in [4.69, 9.17) is 0 Å². The molecule has 1 aliphatic heterocycles. The first-order chi connectivity index (χ1) is 5.24. The largest absolute Gasteiger partial charge is 0.391 e. The Bertz CT molecular complexity index is 177. The second kappa shape index (κ2) is 3.53. The summed E-state index contributed by atoms with van der Waals surface area (Å²) in [6, 6.07) is -0.0856. The fraction of sp³-hybridized carbons (Fsp3) is 0.625. The molecule has 0 spiro atoms. The van der Waals surface area contributed by atoms with Gasteiger partial charge in [-0.25, -0.2) is 0 Å². The highest BCUT2D eigenvalue weighted by atomic mass is 16.3. The maximum atomic E-state index is 10.8. The molecule has 0 aromatic carbocycles. The summed E-state index contributed by atoms with van der Waals surface area (Å²) in [5.74, 6) is -0.103. The van der Waals surface area contributed by atoms with Crippen LogP contribution in [0.15, 0.2) is 12.2 Å². The Labute approximate surface area is 66.1 Å². The maximum Gasteiger partial charge on any atom is 0.243 e. The van der Waals surface area contributed by atoms with Crippen molar-refractivity contribution in [2.24, 2.45) is 0 Å². The molecular formula is C8H13NO2. The normalized spacial score (nSPS) is 26.4. The molecule has 2 atom stereocenters. The third-order valence-electron chi connectivity index (χ3n) is 1.87. The molecule has 1 aliphatic rings. The standard InChI is InChI=1S/C8H13NO2/c1-2-7(10)6-4-3-5-8(11)9-6/h3,5-7,10H,2,4H2,1H3,(H,9,11)/t6-,7-/m1/s1. The van der Waals surface area contributed by atoms with Gasteiger partial charge in [-0.1, -0.05) is 13.0 Å². The lowest BCUT2D eigenvalue weighted by atomic mass is 10.0. The molecule has 1 heterocycles. The Morgan fingerprint density at radius 1 is 1.91 bits per heavy atom. The van der Waals surface area contributed by atoms with Crippen LogP contribution in [0.3, 0.4) is 0 Å². The van der Waals surface area contributed by atoms with E-state index in [9.17, 15) is 9.90 Å². The molecule has 0 bridgehead atoms. The van der Waals surface area contributed by atoms with Crippen LogP contribution in [0.25, 0.3) is 0 Å². The minimum atomic E-state index is -0.413. The van der Waals surface area contributed by atoms with Crippen molar-refractivity contribution >= 4 is 5.91 Å². The Kier molecular flexibility index (Phi) is 2.65. The predicted octanol–water partition coefficient (Wildman–Crippen LogP) is 0.202. The van der Waals surface area contributed by atoms with Gasteiger partial charge in [0.2, 0.25) is 5.91 Å². The van der Waals surface area contributed by atoms with Gasteiger partial charge in [-0.05, 0) is 18.9 Å². The average Bonchev–Trinajstić information content (AvgIpc) is 2.03. The summed E-state index contributed by atoms with van der Waals surface area (Å²) in [5, 5.41) is 12.0. The van der Waals surface area contributed by atoms with Crippen LogP contribution in [0.2, 0.25) is 0 Å². The number of hydrogen-bond donors (Lipinski definition) is 2. The van der Waals surface area contributed by atoms with Gasteiger partial charge in [0, 0.05) is 0 Å². The van der Waals surface area contributed by atoms with Crippen molar-refractivity contribution in [2.45, 2.75) is 31.9 Å². The lowest BCUT2D eigenvalue weighted by Crippen LogP contribution is -2.44. The molecule has 0 unspecified atom stereocenters. The Hall–Kier alpha value is -0.830. The third-order valence-corrected chi connectivity index (χ3v) is 1.87. The first kappa shape index (κ1) is 8.27. The molecule has 2 N–H and O–H groups in total. The van der Waals surface area contributed by atoms with E-state index >= 15 is 0 Å². The summed E-state index contributed by atoms with van der Waals surface area (Å²) >= 11 is 0. The van der Waals surface area contributed by atoms with E-state index in [0.29, 0.717) is 6.42 Å². The number of carbonyl (C=O) groups excluding carboxylic acids is 1. The van der Waals surface area contributed by atoms with E-state index in [0.717, 1.165) is 6.42 Å². The minimum absolute atomic E-state index is 0.0856. The van der Waals surface area contributed by atoms with Crippen LogP contribution in [-0.2, 0) is 4.79 Å². The first-order valence-corrected chi connectivity index (χ1v) is 3.89. The lowest BCUT2D eigenvalue weighted by Gasteiger charge is -2.23. The van der Waals surface area contributed by atoms with Gasteiger partial charge in [0.25, 0.3) is 0 Å². The van der Waals surface area contributed by atoms with Gasteiger partial charge in [0.05, 0.1) is 12.1 Å². The molecule has 0 fully saturated rings. The number of nitrogens with one attached hydrogen (secondary N) is 1. The fourth-order valence-corrected chi connectivity index (χ4v) is 1.15. The zero-order valence-corrected chi connectivity index (χ0v) is 6.58. The van der Waals surface area contributed by atoms with E-state index < -0.39 is 6.10 Å². The zero-order valence-electron chi connectivity index (χ0n) is 6.58. The summed E-state index contributed by atoms with van der Waals surface area (Å²) in [6.45, 7) is 1.90. The van der Waals surface area contributed by atoms with Crippen LogP contribution in [0.5, 0.6) is 0 Å². The number of hydrogen-bond acceptors (Lipinski definition) is 2. The topological polar surface area (TPSA) is 49.3 Å². The van der Waals surface area contributed by atoms with Crippen molar-refractivity contribution in [3.05, 3.63) is 12.2 Å². The van der Waals surface area contributed by atoms with Gasteiger partial charge in [-0.15, -0.1) is 0 Å². The molecule has 0 radical (unpaired) electrons. The molecule has 62 valence electrons. The summed E-state index contributed by atoms with van der Waals surface area (Å²) in [7, 11) is 0. The molecule has 0 saturated heterocycles. The molecule has 11 heavy (non-hydrogen) atoms. The van der Waals surface area contributed by atoms with E-state index in [2.05, 4.69) is 5.32 Å². The van der Waals surface area contributed by atoms with E-state index in [-0.39, 0.29) is 11.9 Å². The Morgan fingerprint density at radius 2 is 2.64 bits per heavy atom. The van der Waals surface area contributed by atoms with Crippen LogP contribution in [0, 0.1) is 0 Å². The smallest absolute Gasteiger partial charge is 0.243 e. The summed E-state index contributed by atoms with van der Waals surface area (Å²) < 4.78 is 0. The predicted molar refractivity (Wildman–Crippen MR) is 42.0 cm³/mol. The van der Waals surface area contributed by atoms with Crippen molar-refractivity contribution in [3.63, 3.8) is 0 Å². The summed E-state index contributed by atoms with van der Waals surface area (Å²) in [5.41, 5.74) is 0. The summed E-state index contributed by atoms with van der Waals surface area (Å²) in [6.07, 6.45) is 4.30. The highest BCUT2D eigenvalue weighted by Crippen LogP contribution is 2.07. The number of aliphatic hydroxyl groups is 1. The van der Waals surface area contributed by atoms with Crippen molar-refractivity contribution < 1.29 is 9.90 Å². The van der Waals surface area contributed by atoms with Crippen LogP contribution in [-0.4, -0.2) is 23.2 Å². The van der Waals surface area contributed by atoms with E-state index in [1.807, 2.05) is 6.92 Å². The number of carbonyl (C=O) groups is 1. The summed E-state index contributed by atoms with van der Waals surface area (Å²) in [4.78, 5) is 10.8. The monoisotopic (exact) mass is 155 g/mol. The lowest BCUT2D eigenvalue weighted by molar-refractivity contribution is -0.118. The molecule has 1 rings (SSSR count). The molecule has 0 aromatic rings. The Morgan fingerprint density at radius 3 is 3.18 bits per heavy atom. The van der Waals surface area contributed by atoms with Crippen molar-refractivity contribution in [3.8, 4) is 0 Å². The van der Waals surface area contributed by atoms with Gasteiger partial charge < -0.3 is 10.4 Å². The number of amides is 1. The van der Waals surface area contributed by atoms with E-state index in [1.54, 1.807) is 6.08 Å². The minimum Gasteiger partial charge on any atom is -0.391 e. The van der Waals surface area contributed by atoms with Gasteiger partial charge in [0.1, 0.15) is 0 Å². The van der Waals surface area contributed by atoms with Gasteiger partial charge in [0.15, 0.2) is 0 Å². The maximum absolute atomic E-state index is 10.8. The van der Waals surface area contributed by atoms with E-state index in [1.165, 1.54) is 6.08 Å². The Balaban J connectivity index is 2.49. The van der Waals surface area contributed by atoms with Gasteiger partial charge in [-0.3, -0.25) is 4.79 Å². The van der Waals surface area contributed by atoms with Crippen molar-refractivity contribution in [1.82, 2.24) is 5.32 Å². The van der Waals surface area contributed by atoms with Crippen LogP contribution in [0.4, 0.5) is 0 Å². The number of aliphatic hydroxyl groups excluding tert-OH is 1. The molecule has 3 heteroatoms. The molecule has 0 aliphatic carbocycles. The molecule has 0 saturated carbocycles. The van der Waals surface area contributed by atoms with Crippen molar-refractivity contribution in [1.29, 1.82) is 0 Å².